The molecule has 0 aromatic heterocycles. The fourth-order valence-corrected chi connectivity index (χ4v) is 12.0. The maximum atomic E-state index is 3.66. The van der Waals surface area contributed by atoms with Gasteiger partial charge in [0.25, 0.3) is 0 Å². The zero-order chi connectivity index (χ0) is 51.7. The highest BCUT2D eigenvalue weighted by atomic mass is 32.2. The summed E-state index contributed by atoms with van der Waals surface area (Å²) in [4.78, 5) is 10.3. The summed E-state index contributed by atoms with van der Waals surface area (Å²) in [5, 5.41) is 0. The van der Waals surface area contributed by atoms with Gasteiger partial charge in [0.1, 0.15) is 0 Å². The number of para-hydroxylation sites is 2. The average molecular weight is 1010 g/mol. The van der Waals surface area contributed by atoms with Crippen LogP contribution in [0.2, 0.25) is 0 Å². The second-order valence-corrected chi connectivity index (χ2v) is 24.0. The lowest BCUT2D eigenvalue weighted by Gasteiger charge is -2.33. The van der Waals surface area contributed by atoms with Crippen LogP contribution in [0.15, 0.2) is 165 Å². The summed E-state index contributed by atoms with van der Waals surface area (Å²) in [5.74, 6) is 14.4. The molecule has 2 aliphatic heterocycles. The van der Waals surface area contributed by atoms with Gasteiger partial charge in [-0.2, -0.15) is 0 Å². The number of anilines is 4. The third kappa shape index (κ3) is 12.8. The van der Waals surface area contributed by atoms with Crippen molar-refractivity contribution in [1.29, 1.82) is 0 Å². The van der Waals surface area contributed by atoms with Crippen LogP contribution in [0, 0.1) is 23.7 Å². The molecule has 0 radical (unpaired) electrons. The van der Waals surface area contributed by atoms with Crippen molar-refractivity contribution in [2.45, 2.75) is 137 Å². The molecule has 0 saturated heterocycles. The Hall–Kier alpha value is -6.56. The molecule has 4 heteroatoms. The number of benzene rings is 7. The van der Waals surface area contributed by atoms with Gasteiger partial charge in [-0.15, -0.1) is 0 Å². The third-order valence-corrected chi connectivity index (χ3v) is 16.3. The van der Waals surface area contributed by atoms with Gasteiger partial charge < -0.3 is 9.80 Å². The molecule has 74 heavy (non-hydrogen) atoms. The van der Waals surface area contributed by atoms with Crippen LogP contribution in [0.25, 0.3) is 24.3 Å². The van der Waals surface area contributed by atoms with Crippen molar-refractivity contribution in [2.75, 3.05) is 22.9 Å². The number of fused-ring (bicyclic) bond motifs is 4. The molecule has 0 saturated carbocycles. The van der Waals surface area contributed by atoms with Crippen LogP contribution in [0.1, 0.15) is 162 Å². The van der Waals surface area contributed by atoms with Crippen molar-refractivity contribution in [3.63, 3.8) is 0 Å². The van der Waals surface area contributed by atoms with Crippen LogP contribution >= 0.6 is 23.5 Å². The molecule has 0 fully saturated rings. The first-order valence-electron chi connectivity index (χ1n) is 27.0. The van der Waals surface area contributed by atoms with E-state index in [0.717, 1.165) is 57.6 Å². The Balaban J connectivity index is 1.12. The van der Waals surface area contributed by atoms with Crippen LogP contribution in [-0.2, 0) is 10.8 Å². The molecule has 0 aliphatic carbocycles. The minimum Gasteiger partial charge on any atom is -0.340 e. The number of nitrogens with zero attached hydrogens (tertiary/aromatic N) is 2. The summed E-state index contributed by atoms with van der Waals surface area (Å²) in [6, 6.07) is 53.6. The lowest BCUT2D eigenvalue weighted by Crippen LogP contribution is -2.22. The standard InChI is InChI=1S/C70H72N2S2/c1-9-11-13-19-45-71-61-21-15-17-23-65(61)73-67-47-53(33-43-63(67)71)27-37-57-49-56(36-26-52-31-41-60(42-32-52)70(6,7)8)58(50-55(57)35-25-51-29-39-59(40-30-51)69(3,4)5)38-28-54-34-44-64-68(48-54)74-66-24-18-16-22-62(66)72(64)46-20-14-12-10-2/h15-18,21-24,27-34,37-44,47-50H,9-14,19-20,45-46H2,1-8H3/b37-27+,38-28+. The van der Waals surface area contributed by atoms with E-state index in [1.807, 2.05) is 23.5 Å². The lowest BCUT2D eigenvalue weighted by atomic mass is 9.87. The molecule has 2 heterocycles. The Morgan fingerprint density at radius 3 is 1.18 bits per heavy atom. The summed E-state index contributed by atoms with van der Waals surface area (Å²) in [6.45, 7) is 20.1. The first kappa shape index (κ1) is 52.3. The molecular weight excluding hydrogens is 933 g/mol. The van der Waals surface area contributed by atoms with Gasteiger partial charge in [-0.25, -0.2) is 0 Å². The van der Waals surface area contributed by atoms with E-state index in [9.17, 15) is 0 Å². The van der Waals surface area contributed by atoms with E-state index in [0.29, 0.717) is 0 Å². The number of hydrogen-bond donors (Lipinski definition) is 0. The smallest absolute Gasteiger partial charge is 0.0553 e. The number of unbranched alkanes of at least 4 members (excludes halogenated alkanes) is 6. The zero-order valence-corrected chi connectivity index (χ0v) is 46.6. The van der Waals surface area contributed by atoms with Gasteiger partial charge in [-0.3, -0.25) is 0 Å². The molecule has 0 unspecified atom stereocenters. The van der Waals surface area contributed by atoms with Crippen molar-refractivity contribution < 1.29 is 0 Å². The highest BCUT2D eigenvalue weighted by molar-refractivity contribution is 8.00. The van der Waals surface area contributed by atoms with Crippen LogP contribution in [0.4, 0.5) is 22.7 Å². The number of hydrogen-bond acceptors (Lipinski definition) is 4. The summed E-state index contributed by atoms with van der Waals surface area (Å²) in [7, 11) is 0. The highest BCUT2D eigenvalue weighted by Gasteiger charge is 2.25. The van der Waals surface area contributed by atoms with E-state index >= 15 is 0 Å². The molecule has 2 nitrogen and oxygen atoms in total. The van der Waals surface area contributed by atoms with E-state index < -0.39 is 0 Å². The van der Waals surface area contributed by atoms with E-state index in [4.69, 9.17) is 0 Å². The van der Waals surface area contributed by atoms with E-state index in [-0.39, 0.29) is 10.8 Å². The largest absolute Gasteiger partial charge is 0.340 e. The van der Waals surface area contributed by atoms with Gasteiger partial charge in [0.2, 0.25) is 0 Å². The number of rotatable bonds is 14. The molecular formula is C70H72N2S2. The van der Waals surface area contributed by atoms with Crippen LogP contribution < -0.4 is 9.80 Å². The molecule has 0 spiro atoms. The topological polar surface area (TPSA) is 6.48 Å². The molecule has 374 valence electrons. The molecule has 0 bridgehead atoms. The van der Waals surface area contributed by atoms with Crippen molar-refractivity contribution in [2.24, 2.45) is 0 Å². The molecule has 0 amide bonds. The Morgan fingerprint density at radius 2 is 0.784 bits per heavy atom. The second-order valence-electron chi connectivity index (χ2n) is 21.9. The predicted octanol–water partition coefficient (Wildman–Crippen LogP) is 19.8. The summed E-state index contributed by atoms with van der Waals surface area (Å²) < 4.78 is 0. The highest BCUT2D eigenvalue weighted by Crippen LogP contribution is 2.50. The van der Waals surface area contributed by atoms with Crippen molar-refractivity contribution in [3.05, 3.63) is 201 Å². The minimum atomic E-state index is 0.0665. The average Bonchev–Trinajstić information content (AvgIpc) is 3.40. The molecule has 7 aromatic rings. The third-order valence-electron chi connectivity index (χ3n) is 14.1. The van der Waals surface area contributed by atoms with Crippen LogP contribution in [0.5, 0.6) is 0 Å². The maximum absolute atomic E-state index is 3.66. The Morgan fingerprint density at radius 1 is 0.392 bits per heavy atom. The van der Waals surface area contributed by atoms with E-state index in [1.165, 1.54) is 105 Å². The minimum absolute atomic E-state index is 0.0665. The summed E-state index contributed by atoms with van der Waals surface area (Å²) >= 11 is 3.75. The van der Waals surface area contributed by atoms with Crippen molar-refractivity contribution in [3.8, 4) is 23.7 Å². The van der Waals surface area contributed by atoms with Gasteiger partial charge in [0, 0.05) is 54.9 Å². The van der Waals surface area contributed by atoms with Crippen LogP contribution in [-0.4, -0.2) is 13.1 Å². The molecule has 0 N–H and O–H groups in total. The van der Waals surface area contributed by atoms with Crippen molar-refractivity contribution in [1.82, 2.24) is 0 Å². The van der Waals surface area contributed by atoms with Gasteiger partial charge in [-0.1, -0.05) is 226 Å². The van der Waals surface area contributed by atoms with E-state index in [2.05, 4.69) is 259 Å². The van der Waals surface area contributed by atoms with Gasteiger partial charge in [0.15, 0.2) is 0 Å². The Kier molecular flexibility index (Phi) is 16.8. The van der Waals surface area contributed by atoms with Gasteiger partial charge >= 0.3 is 0 Å². The van der Waals surface area contributed by atoms with E-state index in [1.54, 1.807) is 0 Å². The second kappa shape index (κ2) is 23.8. The monoisotopic (exact) mass is 1000 g/mol. The van der Waals surface area contributed by atoms with Gasteiger partial charge in [-0.05, 0) is 142 Å². The summed E-state index contributed by atoms with van der Waals surface area (Å²) in [6.07, 6.45) is 18.8. The van der Waals surface area contributed by atoms with Crippen molar-refractivity contribution >= 4 is 70.6 Å². The normalized spacial score (nSPS) is 12.9. The lowest BCUT2D eigenvalue weighted by molar-refractivity contribution is 0.590. The molecule has 7 aromatic carbocycles. The fourth-order valence-electron chi connectivity index (χ4n) is 9.67. The molecule has 9 rings (SSSR count). The molecule has 0 atom stereocenters. The molecule has 2 aliphatic rings. The van der Waals surface area contributed by atoms with Crippen LogP contribution in [0.3, 0.4) is 0 Å². The van der Waals surface area contributed by atoms with Gasteiger partial charge in [0.05, 0.1) is 22.7 Å². The Labute approximate surface area is 452 Å². The predicted molar refractivity (Wildman–Crippen MR) is 323 cm³/mol. The summed E-state index contributed by atoms with van der Waals surface area (Å²) in [5.41, 5.74) is 16.2. The zero-order valence-electron chi connectivity index (χ0n) is 44.9. The SMILES string of the molecule is CCCCCCN1c2ccccc2Sc2cc(/C=C/c3cc(C#Cc4ccc(C(C)(C)C)cc4)c(/C=C/c4ccc5c(c4)Sc4ccccc4N5CCCCCC)cc3C#Cc3ccc(C(C)(C)C)cc3)ccc21. The quantitative estimate of drug-likeness (QED) is 0.0608. The first-order valence-corrected chi connectivity index (χ1v) is 28.6. The first-order chi connectivity index (χ1) is 35.8. The Bertz CT molecular complexity index is 3060. The maximum Gasteiger partial charge on any atom is 0.0553 e. The fraction of sp³-hybridized carbons (Fsp3) is 0.286.